The number of anilines is 1. The van der Waals surface area contributed by atoms with Crippen LogP contribution in [0.1, 0.15) is 16.8 Å². The van der Waals surface area contributed by atoms with E-state index in [0.717, 1.165) is 22.1 Å². The van der Waals surface area contributed by atoms with Crippen LogP contribution in [-0.4, -0.2) is 23.6 Å². The molecule has 1 N–H and O–H groups in total. The average molecular weight is 328 g/mol. The van der Waals surface area contributed by atoms with Crippen molar-refractivity contribution in [2.24, 2.45) is 0 Å². The number of ether oxygens (including phenoxy) is 1. The number of rotatable bonds is 5. The van der Waals surface area contributed by atoms with Crippen LogP contribution in [0, 0.1) is 13.8 Å². The molecule has 0 fully saturated rings. The Morgan fingerprint density at radius 2 is 2.08 bits per heavy atom. The molecule has 1 aromatic carbocycles. The Hall–Kier alpha value is -3.09. The molecule has 3 aromatic rings. The standard InChI is InChI=1S/C17H16N2O5/c1-10-3-4-13-12(8-22-14(13)5-10)7-17(21)23-9-15(20)18-16-6-11(2)19-24-16/h3-6,8H,7,9H2,1-2H3,(H,18,20). The molecule has 2 aromatic heterocycles. The van der Waals surface area contributed by atoms with E-state index in [1.54, 1.807) is 13.0 Å². The van der Waals surface area contributed by atoms with Gasteiger partial charge >= 0.3 is 5.97 Å². The largest absolute Gasteiger partial charge is 0.464 e. The van der Waals surface area contributed by atoms with Gasteiger partial charge in [0.25, 0.3) is 5.91 Å². The molecule has 0 saturated carbocycles. The highest BCUT2D eigenvalue weighted by molar-refractivity contribution is 5.92. The van der Waals surface area contributed by atoms with E-state index in [1.165, 1.54) is 6.26 Å². The van der Waals surface area contributed by atoms with Gasteiger partial charge in [0, 0.05) is 17.0 Å². The molecule has 0 aliphatic heterocycles. The van der Waals surface area contributed by atoms with E-state index in [0.29, 0.717) is 5.69 Å². The third kappa shape index (κ3) is 3.62. The molecular formula is C17H16N2O5. The number of hydrogen-bond donors (Lipinski definition) is 1. The summed E-state index contributed by atoms with van der Waals surface area (Å²) < 4.78 is 15.3. The van der Waals surface area contributed by atoms with Gasteiger partial charge in [-0.05, 0) is 25.5 Å². The minimum atomic E-state index is -0.512. The number of benzene rings is 1. The number of carbonyl (C=O) groups excluding carboxylic acids is 2. The van der Waals surface area contributed by atoms with Crippen molar-refractivity contribution in [3.63, 3.8) is 0 Å². The van der Waals surface area contributed by atoms with Crippen LogP contribution in [0.4, 0.5) is 5.88 Å². The Bertz CT molecular complexity index is 893. The van der Waals surface area contributed by atoms with Crippen molar-refractivity contribution < 1.29 is 23.3 Å². The van der Waals surface area contributed by atoms with Crippen molar-refractivity contribution >= 4 is 28.7 Å². The van der Waals surface area contributed by atoms with Gasteiger partial charge in [-0.25, -0.2) is 0 Å². The molecular weight excluding hydrogens is 312 g/mol. The van der Waals surface area contributed by atoms with Crippen LogP contribution in [0.15, 0.2) is 39.5 Å². The molecule has 0 unspecified atom stereocenters. The second-order valence-corrected chi connectivity index (χ2v) is 5.48. The van der Waals surface area contributed by atoms with Crippen molar-refractivity contribution in [1.82, 2.24) is 5.16 Å². The highest BCUT2D eigenvalue weighted by atomic mass is 16.5. The summed E-state index contributed by atoms with van der Waals surface area (Å²) in [5.41, 5.74) is 3.16. The fraction of sp³-hybridized carbons (Fsp3) is 0.235. The number of carbonyl (C=O) groups is 2. The maximum absolute atomic E-state index is 11.9. The first kappa shape index (κ1) is 15.8. The number of esters is 1. The van der Waals surface area contributed by atoms with Gasteiger partial charge in [0.1, 0.15) is 5.58 Å². The van der Waals surface area contributed by atoms with Crippen LogP contribution < -0.4 is 5.32 Å². The van der Waals surface area contributed by atoms with E-state index >= 15 is 0 Å². The summed E-state index contributed by atoms with van der Waals surface area (Å²) in [6.07, 6.45) is 1.56. The van der Waals surface area contributed by atoms with E-state index in [2.05, 4.69) is 10.5 Å². The van der Waals surface area contributed by atoms with E-state index in [9.17, 15) is 9.59 Å². The van der Waals surface area contributed by atoms with E-state index in [4.69, 9.17) is 13.7 Å². The van der Waals surface area contributed by atoms with Gasteiger partial charge < -0.3 is 13.7 Å². The van der Waals surface area contributed by atoms with Crippen molar-refractivity contribution in [3.05, 3.63) is 47.3 Å². The van der Waals surface area contributed by atoms with Gasteiger partial charge in [0.05, 0.1) is 18.4 Å². The third-order valence-corrected chi connectivity index (χ3v) is 3.40. The molecule has 0 bridgehead atoms. The van der Waals surface area contributed by atoms with E-state index < -0.39 is 18.5 Å². The molecule has 0 radical (unpaired) electrons. The molecule has 7 nitrogen and oxygen atoms in total. The molecule has 24 heavy (non-hydrogen) atoms. The lowest BCUT2D eigenvalue weighted by molar-refractivity contribution is -0.146. The zero-order valence-electron chi connectivity index (χ0n) is 13.3. The molecule has 124 valence electrons. The fourth-order valence-corrected chi connectivity index (χ4v) is 2.28. The number of nitrogens with one attached hydrogen (secondary N) is 1. The molecule has 7 heteroatoms. The SMILES string of the molecule is Cc1ccc2c(CC(=O)OCC(=O)Nc3cc(C)no3)coc2c1. The predicted octanol–water partition coefficient (Wildman–Crippen LogP) is 2.76. The van der Waals surface area contributed by atoms with Gasteiger partial charge in [-0.15, -0.1) is 0 Å². The first-order chi connectivity index (χ1) is 11.5. The topological polar surface area (TPSA) is 94.6 Å². The summed E-state index contributed by atoms with van der Waals surface area (Å²) in [7, 11) is 0. The molecule has 0 aliphatic rings. The third-order valence-electron chi connectivity index (χ3n) is 3.40. The quantitative estimate of drug-likeness (QED) is 0.724. The first-order valence-corrected chi connectivity index (χ1v) is 7.37. The van der Waals surface area contributed by atoms with Gasteiger partial charge in [-0.3, -0.25) is 14.9 Å². The predicted molar refractivity (Wildman–Crippen MR) is 85.5 cm³/mol. The maximum Gasteiger partial charge on any atom is 0.310 e. The van der Waals surface area contributed by atoms with Crippen molar-refractivity contribution in [2.75, 3.05) is 11.9 Å². The number of fused-ring (bicyclic) bond motifs is 1. The zero-order valence-corrected chi connectivity index (χ0v) is 13.3. The molecule has 0 aliphatic carbocycles. The summed E-state index contributed by atoms with van der Waals surface area (Å²) in [6, 6.07) is 7.31. The highest BCUT2D eigenvalue weighted by Crippen LogP contribution is 2.22. The molecule has 0 saturated heterocycles. The van der Waals surface area contributed by atoms with Crippen LogP contribution in [0.3, 0.4) is 0 Å². The maximum atomic E-state index is 11.9. The Balaban J connectivity index is 1.54. The molecule has 3 rings (SSSR count). The molecule has 0 spiro atoms. The second kappa shape index (κ2) is 6.57. The molecule has 0 atom stereocenters. The fourth-order valence-electron chi connectivity index (χ4n) is 2.28. The second-order valence-electron chi connectivity index (χ2n) is 5.48. The highest BCUT2D eigenvalue weighted by Gasteiger charge is 2.14. The Labute approximate surface area is 137 Å². The van der Waals surface area contributed by atoms with Gasteiger partial charge in [-0.2, -0.15) is 0 Å². The summed E-state index contributed by atoms with van der Waals surface area (Å²) in [5.74, 6) is -0.793. The number of hydrogen-bond acceptors (Lipinski definition) is 6. The van der Waals surface area contributed by atoms with Crippen LogP contribution in [0.2, 0.25) is 0 Å². The van der Waals surface area contributed by atoms with E-state index in [1.807, 2.05) is 25.1 Å². The van der Waals surface area contributed by atoms with Crippen molar-refractivity contribution in [3.8, 4) is 0 Å². The van der Waals surface area contributed by atoms with Crippen LogP contribution >= 0.6 is 0 Å². The first-order valence-electron chi connectivity index (χ1n) is 7.37. The number of furan rings is 1. The van der Waals surface area contributed by atoms with Gasteiger partial charge in [0.2, 0.25) is 5.88 Å². The van der Waals surface area contributed by atoms with Gasteiger partial charge in [-0.1, -0.05) is 17.3 Å². The van der Waals surface area contributed by atoms with Crippen LogP contribution in [-0.2, 0) is 20.7 Å². The normalized spacial score (nSPS) is 10.8. The monoisotopic (exact) mass is 328 g/mol. The number of aromatic nitrogens is 1. The Morgan fingerprint density at radius 1 is 1.25 bits per heavy atom. The minimum absolute atomic E-state index is 0.0325. The average Bonchev–Trinajstić information content (AvgIpc) is 3.11. The summed E-state index contributed by atoms with van der Waals surface area (Å²) in [6.45, 7) is 3.30. The molecule has 1 amide bonds. The lowest BCUT2D eigenvalue weighted by Crippen LogP contribution is -2.21. The molecule has 2 heterocycles. The van der Waals surface area contributed by atoms with Crippen molar-refractivity contribution in [1.29, 1.82) is 0 Å². The number of aryl methyl sites for hydroxylation is 2. The van der Waals surface area contributed by atoms with Crippen LogP contribution in [0.5, 0.6) is 0 Å². The van der Waals surface area contributed by atoms with Gasteiger partial charge in [0.15, 0.2) is 6.61 Å². The van der Waals surface area contributed by atoms with E-state index in [-0.39, 0.29) is 12.3 Å². The summed E-state index contributed by atoms with van der Waals surface area (Å²) >= 11 is 0. The number of amides is 1. The lowest BCUT2D eigenvalue weighted by Gasteiger charge is -2.04. The summed E-state index contributed by atoms with van der Waals surface area (Å²) in [4.78, 5) is 23.6. The summed E-state index contributed by atoms with van der Waals surface area (Å²) in [5, 5.41) is 6.95. The Morgan fingerprint density at radius 3 is 2.83 bits per heavy atom. The Kier molecular flexibility index (Phi) is 4.33. The zero-order chi connectivity index (χ0) is 17.1. The van der Waals surface area contributed by atoms with Crippen molar-refractivity contribution in [2.45, 2.75) is 20.3 Å². The lowest BCUT2D eigenvalue weighted by atomic mass is 10.1. The minimum Gasteiger partial charge on any atom is -0.464 e. The number of nitrogens with zero attached hydrogens (tertiary/aromatic N) is 1. The van der Waals surface area contributed by atoms with Crippen LogP contribution in [0.25, 0.3) is 11.0 Å². The smallest absolute Gasteiger partial charge is 0.310 e.